The Balaban J connectivity index is 2.17. The quantitative estimate of drug-likeness (QED) is 0.771. The summed E-state index contributed by atoms with van der Waals surface area (Å²) in [6.45, 7) is 2.54. The monoisotopic (exact) mass is 376 g/mol. The molecule has 2 N–H and O–H groups in total. The van der Waals surface area contributed by atoms with E-state index in [1.165, 1.54) is 20.3 Å². The first-order valence-electron chi connectivity index (χ1n) is 8.10. The van der Waals surface area contributed by atoms with Crippen molar-refractivity contribution in [3.8, 4) is 11.5 Å². The van der Waals surface area contributed by atoms with Gasteiger partial charge in [-0.2, -0.15) is 0 Å². The molecule has 26 heavy (non-hydrogen) atoms. The topological polar surface area (TPSA) is 76.7 Å². The van der Waals surface area contributed by atoms with E-state index in [4.69, 9.17) is 21.1 Å². The fraction of sp³-hybridized carbons (Fsp3) is 0.263. The highest BCUT2D eigenvalue weighted by Gasteiger charge is 2.13. The summed E-state index contributed by atoms with van der Waals surface area (Å²) in [5.74, 6) is 0.430. The molecule has 0 radical (unpaired) electrons. The number of carbonyl (C=O) groups is 2. The molecule has 0 unspecified atom stereocenters. The van der Waals surface area contributed by atoms with Gasteiger partial charge in [-0.3, -0.25) is 9.59 Å². The number of nitrogens with one attached hydrogen (secondary N) is 2. The minimum Gasteiger partial charge on any atom is -0.497 e. The molecule has 0 aromatic heterocycles. The summed E-state index contributed by atoms with van der Waals surface area (Å²) >= 11 is 6.18. The van der Waals surface area contributed by atoms with Crippen LogP contribution in [0.2, 0.25) is 5.02 Å². The first kappa shape index (κ1) is 19.6. The highest BCUT2D eigenvalue weighted by Crippen LogP contribution is 2.25. The van der Waals surface area contributed by atoms with E-state index in [2.05, 4.69) is 10.6 Å². The van der Waals surface area contributed by atoms with Crippen LogP contribution in [0.15, 0.2) is 36.4 Å². The Bertz CT molecular complexity index is 786. The summed E-state index contributed by atoms with van der Waals surface area (Å²) < 4.78 is 10.3. The third-order valence-corrected chi connectivity index (χ3v) is 3.93. The van der Waals surface area contributed by atoms with Gasteiger partial charge in [-0.25, -0.2) is 0 Å². The van der Waals surface area contributed by atoms with Gasteiger partial charge < -0.3 is 20.1 Å². The molecule has 2 amide bonds. The van der Waals surface area contributed by atoms with Crippen LogP contribution >= 0.6 is 11.6 Å². The van der Waals surface area contributed by atoms with Crippen LogP contribution in [-0.2, 0) is 0 Å². The van der Waals surface area contributed by atoms with Gasteiger partial charge in [0.25, 0.3) is 11.8 Å². The predicted octanol–water partition coefficient (Wildman–Crippen LogP) is 3.75. The predicted molar refractivity (Wildman–Crippen MR) is 102 cm³/mol. The molecule has 7 heteroatoms. The minimum atomic E-state index is -0.346. The van der Waals surface area contributed by atoms with Crippen molar-refractivity contribution >= 4 is 29.1 Å². The number of ether oxygens (including phenoxy) is 2. The molecule has 0 aliphatic heterocycles. The Morgan fingerprint density at radius 2 is 1.65 bits per heavy atom. The maximum Gasteiger partial charge on any atom is 0.255 e. The molecular weight excluding hydrogens is 356 g/mol. The molecule has 0 atom stereocenters. The number of amides is 2. The average Bonchev–Trinajstić information content (AvgIpc) is 2.65. The Morgan fingerprint density at radius 1 is 1.00 bits per heavy atom. The number of hydrogen-bond acceptors (Lipinski definition) is 4. The van der Waals surface area contributed by atoms with Crippen LogP contribution < -0.4 is 20.1 Å². The summed E-state index contributed by atoms with van der Waals surface area (Å²) in [5, 5.41) is 5.77. The molecule has 2 rings (SSSR count). The van der Waals surface area contributed by atoms with E-state index in [0.717, 1.165) is 6.42 Å². The highest BCUT2D eigenvalue weighted by atomic mass is 35.5. The number of hydrogen-bond donors (Lipinski definition) is 2. The summed E-state index contributed by atoms with van der Waals surface area (Å²) in [5.41, 5.74) is 1.22. The Kier molecular flexibility index (Phi) is 6.86. The van der Waals surface area contributed by atoms with Gasteiger partial charge in [-0.05, 0) is 36.8 Å². The molecule has 2 aromatic carbocycles. The van der Waals surface area contributed by atoms with Crippen molar-refractivity contribution in [2.75, 3.05) is 26.1 Å². The van der Waals surface area contributed by atoms with Crippen molar-refractivity contribution in [1.29, 1.82) is 0 Å². The number of methoxy groups -OCH3 is 2. The zero-order chi connectivity index (χ0) is 19.1. The van der Waals surface area contributed by atoms with Gasteiger partial charge in [0, 0.05) is 23.9 Å². The molecule has 0 aliphatic carbocycles. The Hall–Kier alpha value is -2.73. The summed E-state index contributed by atoms with van der Waals surface area (Å²) in [6, 6.07) is 9.63. The zero-order valence-electron chi connectivity index (χ0n) is 14.9. The van der Waals surface area contributed by atoms with Crippen LogP contribution in [-0.4, -0.2) is 32.6 Å². The second-order valence-corrected chi connectivity index (χ2v) is 5.91. The second kappa shape index (κ2) is 9.10. The molecule has 0 saturated carbocycles. The van der Waals surface area contributed by atoms with Gasteiger partial charge in [0.05, 0.1) is 24.8 Å². The maximum atomic E-state index is 12.5. The van der Waals surface area contributed by atoms with Crippen molar-refractivity contribution in [2.24, 2.45) is 0 Å². The lowest BCUT2D eigenvalue weighted by atomic mass is 10.1. The van der Waals surface area contributed by atoms with Crippen molar-refractivity contribution in [3.05, 3.63) is 52.5 Å². The average molecular weight is 377 g/mol. The number of rotatable bonds is 7. The number of benzene rings is 2. The second-order valence-electron chi connectivity index (χ2n) is 5.51. The fourth-order valence-electron chi connectivity index (χ4n) is 2.25. The van der Waals surface area contributed by atoms with Crippen LogP contribution in [0.4, 0.5) is 5.69 Å². The standard InChI is InChI=1S/C19H21ClN2O4/c1-4-7-21-19(24)16-6-5-13(10-17(16)20)22-18(23)12-8-14(25-2)11-15(9-12)26-3/h5-6,8-11H,4,7H2,1-3H3,(H,21,24)(H,22,23). The lowest BCUT2D eigenvalue weighted by Gasteiger charge is -2.11. The van der Waals surface area contributed by atoms with E-state index >= 15 is 0 Å². The smallest absolute Gasteiger partial charge is 0.255 e. The Labute approximate surface area is 157 Å². The zero-order valence-corrected chi connectivity index (χ0v) is 15.6. The van der Waals surface area contributed by atoms with E-state index in [-0.39, 0.29) is 16.8 Å². The molecule has 2 aromatic rings. The van der Waals surface area contributed by atoms with E-state index in [1.807, 2.05) is 6.92 Å². The molecule has 138 valence electrons. The maximum absolute atomic E-state index is 12.5. The van der Waals surface area contributed by atoms with E-state index in [9.17, 15) is 9.59 Å². The lowest BCUT2D eigenvalue weighted by Crippen LogP contribution is -2.24. The van der Waals surface area contributed by atoms with Gasteiger partial charge in [0.15, 0.2) is 0 Å². The van der Waals surface area contributed by atoms with Crippen LogP contribution in [0.25, 0.3) is 0 Å². The third-order valence-electron chi connectivity index (χ3n) is 3.62. The van der Waals surface area contributed by atoms with Gasteiger partial charge in [0.1, 0.15) is 11.5 Å². The molecule has 6 nitrogen and oxygen atoms in total. The van der Waals surface area contributed by atoms with Crippen molar-refractivity contribution in [2.45, 2.75) is 13.3 Å². The first-order valence-corrected chi connectivity index (χ1v) is 8.48. The van der Waals surface area contributed by atoms with Crippen molar-refractivity contribution in [3.63, 3.8) is 0 Å². The van der Waals surface area contributed by atoms with Gasteiger partial charge in [0.2, 0.25) is 0 Å². The minimum absolute atomic E-state index is 0.243. The summed E-state index contributed by atoms with van der Waals surface area (Å²) in [6.07, 6.45) is 0.835. The highest BCUT2D eigenvalue weighted by molar-refractivity contribution is 6.34. The van der Waals surface area contributed by atoms with Crippen LogP contribution in [0, 0.1) is 0 Å². The molecule has 0 aliphatic rings. The van der Waals surface area contributed by atoms with Gasteiger partial charge in [-0.15, -0.1) is 0 Å². The lowest BCUT2D eigenvalue weighted by molar-refractivity contribution is 0.0953. The van der Waals surface area contributed by atoms with E-state index in [1.54, 1.807) is 30.3 Å². The van der Waals surface area contributed by atoms with Crippen LogP contribution in [0.5, 0.6) is 11.5 Å². The van der Waals surface area contributed by atoms with Crippen LogP contribution in [0.3, 0.4) is 0 Å². The Morgan fingerprint density at radius 3 is 2.19 bits per heavy atom. The van der Waals surface area contributed by atoms with Gasteiger partial charge >= 0.3 is 0 Å². The summed E-state index contributed by atoms with van der Waals surface area (Å²) in [7, 11) is 3.02. The number of carbonyl (C=O) groups excluding carboxylic acids is 2. The molecule has 0 heterocycles. The largest absolute Gasteiger partial charge is 0.497 e. The summed E-state index contributed by atoms with van der Waals surface area (Å²) in [4.78, 5) is 24.5. The van der Waals surface area contributed by atoms with E-state index < -0.39 is 0 Å². The van der Waals surface area contributed by atoms with Gasteiger partial charge in [-0.1, -0.05) is 18.5 Å². The molecule has 0 fully saturated rings. The fourth-order valence-corrected chi connectivity index (χ4v) is 2.52. The van der Waals surface area contributed by atoms with E-state index in [0.29, 0.717) is 34.9 Å². The van der Waals surface area contributed by atoms with Crippen LogP contribution in [0.1, 0.15) is 34.1 Å². The molecule has 0 bridgehead atoms. The molecule has 0 saturated heterocycles. The SMILES string of the molecule is CCCNC(=O)c1ccc(NC(=O)c2cc(OC)cc(OC)c2)cc1Cl. The molecular formula is C19H21ClN2O4. The third kappa shape index (κ3) is 4.89. The normalized spacial score (nSPS) is 10.2. The van der Waals surface area contributed by atoms with Crippen molar-refractivity contribution < 1.29 is 19.1 Å². The number of anilines is 1. The first-order chi connectivity index (χ1) is 12.5. The number of halogens is 1. The molecule has 0 spiro atoms. The van der Waals surface area contributed by atoms with Crippen molar-refractivity contribution in [1.82, 2.24) is 5.32 Å².